The van der Waals surface area contributed by atoms with Crippen molar-refractivity contribution in [1.29, 1.82) is 0 Å². The molecule has 0 aliphatic heterocycles. The van der Waals surface area contributed by atoms with Gasteiger partial charge in [-0.1, -0.05) is 5.21 Å². The van der Waals surface area contributed by atoms with E-state index < -0.39 is 0 Å². The first-order valence-corrected chi connectivity index (χ1v) is 2.29. The lowest BCUT2D eigenvalue weighted by molar-refractivity contribution is 0.742. The van der Waals surface area contributed by atoms with Crippen molar-refractivity contribution in [2.75, 3.05) is 0 Å². The van der Waals surface area contributed by atoms with Crippen molar-refractivity contribution in [2.24, 2.45) is 5.73 Å². The molecule has 0 spiro atoms. The Morgan fingerprint density at radius 3 is 2.75 bits per heavy atom. The fourth-order valence-corrected chi connectivity index (χ4v) is 0.362. The molecule has 0 aromatic carbocycles. The van der Waals surface area contributed by atoms with E-state index in [1.807, 2.05) is 0 Å². The normalized spacial score (nSPS) is 13.8. The Morgan fingerprint density at radius 2 is 2.50 bits per heavy atom. The smallest absolute Gasteiger partial charge is 0.190 e. The van der Waals surface area contributed by atoms with Crippen LogP contribution in [0, 0.1) is 0 Å². The summed E-state index contributed by atoms with van der Waals surface area (Å²) in [5.41, 5.74) is 5.37. The van der Waals surface area contributed by atoms with Crippen molar-refractivity contribution in [3.8, 4) is 0 Å². The van der Waals surface area contributed by atoms with E-state index in [0.29, 0.717) is 5.82 Å². The SMILES string of the molecule is C[C@@H](N)c1nn[nH]n1. The summed E-state index contributed by atoms with van der Waals surface area (Å²) >= 11 is 0. The zero-order valence-electron chi connectivity index (χ0n) is 4.50. The second-order valence-electron chi connectivity index (χ2n) is 1.56. The molecule has 0 fully saturated rings. The minimum Gasteiger partial charge on any atom is -0.321 e. The van der Waals surface area contributed by atoms with E-state index >= 15 is 0 Å². The van der Waals surface area contributed by atoms with Crippen molar-refractivity contribution in [1.82, 2.24) is 20.6 Å². The maximum absolute atomic E-state index is 5.37. The van der Waals surface area contributed by atoms with Crippen LogP contribution in [0.4, 0.5) is 0 Å². The molecule has 0 aliphatic carbocycles. The molecule has 0 aliphatic rings. The van der Waals surface area contributed by atoms with E-state index in [1.165, 1.54) is 0 Å². The molecule has 5 nitrogen and oxygen atoms in total. The minimum atomic E-state index is -0.131. The molecule has 5 heteroatoms. The third-order valence-electron chi connectivity index (χ3n) is 0.769. The maximum Gasteiger partial charge on any atom is 0.190 e. The Bertz CT molecular complexity index is 143. The fourth-order valence-electron chi connectivity index (χ4n) is 0.362. The van der Waals surface area contributed by atoms with Gasteiger partial charge in [0.25, 0.3) is 0 Å². The average Bonchev–Trinajstić information content (AvgIpc) is 2.12. The van der Waals surface area contributed by atoms with Crippen LogP contribution < -0.4 is 5.73 Å². The molecule has 0 saturated carbocycles. The van der Waals surface area contributed by atoms with Gasteiger partial charge in [0.15, 0.2) is 5.82 Å². The lowest BCUT2D eigenvalue weighted by atomic mass is 10.4. The highest BCUT2D eigenvalue weighted by molar-refractivity contribution is 4.82. The Labute approximate surface area is 46.3 Å². The Morgan fingerprint density at radius 1 is 1.75 bits per heavy atom. The number of nitrogens with zero attached hydrogens (tertiary/aromatic N) is 3. The molecule has 1 aromatic rings. The topological polar surface area (TPSA) is 80.5 Å². The summed E-state index contributed by atoms with van der Waals surface area (Å²) in [5, 5.41) is 12.9. The minimum absolute atomic E-state index is 0.131. The Kier molecular flexibility index (Phi) is 1.21. The molecule has 1 rings (SSSR count). The van der Waals surface area contributed by atoms with E-state index in [2.05, 4.69) is 20.6 Å². The fraction of sp³-hybridized carbons (Fsp3) is 0.667. The van der Waals surface area contributed by atoms with Crippen LogP contribution in [0.1, 0.15) is 18.8 Å². The molecule has 3 N–H and O–H groups in total. The molecule has 0 unspecified atom stereocenters. The number of nitrogens with one attached hydrogen (secondary N) is 1. The van der Waals surface area contributed by atoms with Gasteiger partial charge in [-0.05, 0) is 6.92 Å². The van der Waals surface area contributed by atoms with Crippen molar-refractivity contribution < 1.29 is 0 Å². The van der Waals surface area contributed by atoms with E-state index in [4.69, 9.17) is 5.73 Å². The molecule has 0 bridgehead atoms. The predicted octanol–water partition coefficient (Wildman–Crippen LogP) is -0.781. The second-order valence-corrected chi connectivity index (χ2v) is 1.56. The highest BCUT2D eigenvalue weighted by Crippen LogP contribution is 1.95. The number of aromatic nitrogens is 4. The first kappa shape index (κ1) is 5.17. The highest BCUT2D eigenvalue weighted by atomic mass is 15.5. The monoisotopic (exact) mass is 113 g/mol. The molecule has 0 radical (unpaired) electrons. The molecule has 0 saturated heterocycles. The molecule has 1 atom stereocenters. The average molecular weight is 113 g/mol. The van der Waals surface area contributed by atoms with Gasteiger partial charge in [0.2, 0.25) is 0 Å². The standard InChI is InChI=1S/C3H7N5/c1-2(4)3-5-7-8-6-3/h2H,4H2,1H3,(H,5,6,7,8)/t2-/m1/s1. The molecule has 1 heterocycles. The number of hydrogen-bond acceptors (Lipinski definition) is 4. The number of hydrogen-bond donors (Lipinski definition) is 2. The Balaban J connectivity index is 2.77. The third kappa shape index (κ3) is 0.812. The van der Waals surface area contributed by atoms with Crippen LogP contribution in [0.5, 0.6) is 0 Å². The zero-order valence-corrected chi connectivity index (χ0v) is 4.50. The predicted molar refractivity (Wildman–Crippen MR) is 26.8 cm³/mol. The van der Waals surface area contributed by atoms with Crippen LogP contribution >= 0.6 is 0 Å². The van der Waals surface area contributed by atoms with Crippen LogP contribution in [-0.2, 0) is 0 Å². The molecule has 8 heavy (non-hydrogen) atoms. The molecule has 1 aromatic heterocycles. The molecule has 44 valence electrons. The summed E-state index contributed by atoms with van der Waals surface area (Å²) in [6.07, 6.45) is 0. The van der Waals surface area contributed by atoms with Crippen LogP contribution in [0.3, 0.4) is 0 Å². The van der Waals surface area contributed by atoms with Gasteiger partial charge in [0, 0.05) is 0 Å². The zero-order chi connectivity index (χ0) is 5.98. The summed E-state index contributed by atoms with van der Waals surface area (Å²) in [5.74, 6) is 0.546. The van der Waals surface area contributed by atoms with Crippen LogP contribution in [0.2, 0.25) is 0 Å². The summed E-state index contributed by atoms with van der Waals surface area (Å²) < 4.78 is 0. The van der Waals surface area contributed by atoms with Crippen LogP contribution in [0.25, 0.3) is 0 Å². The molecular formula is C3H7N5. The molecular weight excluding hydrogens is 106 g/mol. The van der Waals surface area contributed by atoms with E-state index in [-0.39, 0.29) is 6.04 Å². The lowest BCUT2D eigenvalue weighted by Crippen LogP contribution is -2.06. The van der Waals surface area contributed by atoms with Crippen molar-refractivity contribution in [3.05, 3.63) is 5.82 Å². The quantitative estimate of drug-likeness (QED) is 0.500. The number of H-pyrrole nitrogens is 1. The van der Waals surface area contributed by atoms with Crippen LogP contribution in [-0.4, -0.2) is 20.6 Å². The van der Waals surface area contributed by atoms with Gasteiger partial charge >= 0.3 is 0 Å². The first-order chi connectivity index (χ1) is 3.80. The summed E-state index contributed by atoms with van der Waals surface area (Å²) in [4.78, 5) is 0. The summed E-state index contributed by atoms with van der Waals surface area (Å²) in [6.45, 7) is 1.80. The Hall–Kier alpha value is -0.970. The van der Waals surface area contributed by atoms with Gasteiger partial charge in [0.05, 0.1) is 6.04 Å². The van der Waals surface area contributed by atoms with E-state index in [1.54, 1.807) is 6.92 Å². The van der Waals surface area contributed by atoms with Crippen molar-refractivity contribution >= 4 is 0 Å². The highest BCUT2D eigenvalue weighted by Gasteiger charge is 2.01. The molecule has 0 amide bonds. The van der Waals surface area contributed by atoms with Crippen molar-refractivity contribution in [3.63, 3.8) is 0 Å². The van der Waals surface area contributed by atoms with Gasteiger partial charge in [-0.2, -0.15) is 5.21 Å². The van der Waals surface area contributed by atoms with E-state index in [0.717, 1.165) is 0 Å². The second kappa shape index (κ2) is 1.87. The number of rotatable bonds is 1. The summed E-state index contributed by atoms with van der Waals surface area (Å²) in [7, 11) is 0. The van der Waals surface area contributed by atoms with E-state index in [9.17, 15) is 0 Å². The van der Waals surface area contributed by atoms with Gasteiger partial charge in [-0.3, -0.25) is 0 Å². The third-order valence-corrected chi connectivity index (χ3v) is 0.769. The maximum atomic E-state index is 5.37. The number of nitrogens with two attached hydrogens (primary N) is 1. The lowest BCUT2D eigenvalue weighted by Gasteiger charge is -1.91. The number of aromatic amines is 1. The number of tetrazole rings is 1. The first-order valence-electron chi connectivity index (χ1n) is 2.29. The summed E-state index contributed by atoms with van der Waals surface area (Å²) in [6, 6.07) is -0.131. The largest absolute Gasteiger partial charge is 0.321 e. The van der Waals surface area contributed by atoms with Gasteiger partial charge in [0.1, 0.15) is 0 Å². The van der Waals surface area contributed by atoms with Gasteiger partial charge in [-0.25, -0.2) is 0 Å². The van der Waals surface area contributed by atoms with Crippen LogP contribution in [0.15, 0.2) is 0 Å². The van der Waals surface area contributed by atoms with Crippen molar-refractivity contribution in [2.45, 2.75) is 13.0 Å². The van der Waals surface area contributed by atoms with Gasteiger partial charge in [-0.15, -0.1) is 10.2 Å². The van der Waals surface area contributed by atoms with Gasteiger partial charge < -0.3 is 5.73 Å².